The van der Waals surface area contributed by atoms with Crippen molar-refractivity contribution in [1.29, 1.82) is 0 Å². The zero-order valence-electron chi connectivity index (χ0n) is 14.1. The Morgan fingerprint density at radius 1 is 1.14 bits per heavy atom. The maximum absolute atomic E-state index is 12.0. The van der Waals surface area contributed by atoms with E-state index in [0.717, 1.165) is 5.56 Å². The molecular weight excluding hydrogens is 278 g/mol. The van der Waals surface area contributed by atoms with Crippen LogP contribution in [0.5, 0.6) is 0 Å². The Kier molecular flexibility index (Phi) is 10.7. The van der Waals surface area contributed by atoms with Gasteiger partial charge in [0.25, 0.3) is 0 Å². The first-order chi connectivity index (χ1) is 10.5. The molecule has 0 spiro atoms. The van der Waals surface area contributed by atoms with E-state index in [-0.39, 0.29) is 24.3 Å². The highest BCUT2D eigenvalue weighted by molar-refractivity contribution is 5.88. The number of benzene rings is 1. The topological polar surface area (TPSA) is 84.2 Å². The van der Waals surface area contributed by atoms with Crippen LogP contribution in [0.4, 0.5) is 0 Å². The van der Waals surface area contributed by atoms with Gasteiger partial charge < -0.3 is 16.4 Å². The fraction of sp³-hybridized carbons (Fsp3) is 0.529. The summed E-state index contributed by atoms with van der Waals surface area (Å²) in [6.07, 6.45) is 1.25. The highest BCUT2D eigenvalue weighted by Gasteiger charge is 2.23. The number of nitrogens with one attached hydrogen (secondary N) is 2. The molecule has 0 heterocycles. The van der Waals surface area contributed by atoms with Gasteiger partial charge in [0.05, 0.1) is 6.54 Å². The third-order valence-electron chi connectivity index (χ3n) is 2.76. The van der Waals surface area contributed by atoms with Crippen molar-refractivity contribution in [3.8, 4) is 0 Å². The number of nitrogens with two attached hydrogens (primary N) is 1. The molecule has 0 fully saturated rings. The first kappa shape index (κ1) is 20.1. The molecule has 1 aromatic rings. The van der Waals surface area contributed by atoms with Crippen LogP contribution < -0.4 is 16.4 Å². The summed E-state index contributed by atoms with van der Waals surface area (Å²) >= 11 is 0. The molecule has 4 N–H and O–H groups in total. The molecule has 1 atom stereocenters. The minimum atomic E-state index is -0.556. The average molecular weight is 307 g/mol. The van der Waals surface area contributed by atoms with Crippen molar-refractivity contribution in [3.63, 3.8) is 0 Å². The maximum atomic E-state index is 12.0. The Bertz CT molecular complexity index is 433. The van der Waals surface area contributed by atoms with Crippen LogP contribution in [0.15, 0.2) is 30.3 Å². The highest BCUT2D eigenvalue weighted by Crippen LogP contribution is 2.03. The summed E-state index contributed by atoms with van der Waals surface area (Å²) in [4.78, 5) is 23.3. The number of amides is 2. The molecular formula is C17H29N3O2. The Balaban J connectivity index is 0.00000135. The zero-order valence-corrected chi connectivity index (χ0v) is 14.1. The summed E-state index contributed by atoms with van der Waals surface area (Å²) in [6, 6.07) is 9.06. The average Bonchev–Trinajstić information content (AvgIpc) is 2.51. The number of carbonyl (C=O) groups excluding carboxylic acids is 2. The molecule has 0 aliphatic heterocycles. The van der Waals surface area contributed by atoms with Crippen molar-refractivity contribution in [2.75, 3.05) is 6.54 Å². The Labute approximate surface area is 133 Å². The largest absolute Gasteiger partial charge is 0.350 e. The van der Waals surface area contributed by atoms with Crippen molar-refractivity contribution in [2.45, 2.75) is 46.7 Å². The maximum Gasteiger partial charge on any atom is 0.243 e. The first-order valence-electron chi connectivity index (χ1n) is 7.77. The molecule has 0 aliphatic carbocycles. The number of hydrogen-bond acceptors (Lipinski definition) is 3. The Morgan fingerprint density at radius 2 is 1.68 bits per heavy atom. The van der Waals surface area contributed by atoms with Crippen molar-refractivity contribution in [3.05, 3.63) is 35.9 Å². The predicted octanol–water partition coefficient (Wildman–Crippen LogP) is 1.82. The smallest absolute Gasteiger partial charge is 0.243 e. The fourth-order valence-electron chi connectivity index (χ4n) is 1.66. The van der Waals surface area contributed by atoms with Gasteiger partial charge in [-0.15, -0.1) is 0 Å². The highest BCUT2D eigenvalue weighted by atomic mass is 16.2. The third-order valence-corrected chi connectivity index (χ3v) is 2.76. The van der Waals surface area contributed by atoms with Crippen LogP contribution in [0.25, 0.3) is 0 Å². The summed E-state index contributed by atoms with van der Waals surface area (Å²) in [7, 11) is 0. The van der Waals surface area contributed by atoms with E-state index in [1.54, 1.807) is 0 Å². The van der Waals surface area contributed by atoms with Crippen molar-refractivity contribution in [2.24, 2.45) is 11.7 Å². The second-order valence-corrected chi connectivity index (χ2v) is 5.40. The molecule has 2 amide bonds. The molecule has 124 valence electrons. The van der Waals surface area contributed by atoms with Gasteiger partial charge in [0.2, 0.25) is 11.8 Å². The molecule has 1 rings (SSSR count). The van der Waals surface area contributed by atoms with Gasteiger partial charge in [0.1, 0.15) is 6.04 Å². The zero-order chi connectivity index (χ0) is 17.0. The monoisotopic (exact) mass is 307 g/mol. The fourth-order valence-corrected chi connectivity index (χ4v) is 1.66. The number of rotatable bonds is 6. The van der Waals surface area contributed by atoms with Gasteiger partial charge >= 0.3 is 0 Å². The third kappa shape index (κ3) is 8.42. The van der Waals surface area contributed by atoms with Crippen LogP contribution in [0.1, 0.15) is 39.7 Å². The van der Waals surface area contributed by atoms with Crippen molar-refractivity contribution in [1.82, 2.24) is 10.6 Å². The molecule has 5 heteroatoms. The van der Waals surface area contributed by atoms with E-state index in [9.17, 15) is 9.59 Å². The van der Waals surface area contributed by atoms with E-state index in [0.29, 0.717) is 6.54 Å². The molecule has 0 saturated heterocycles. The number of carbonyl (C=O) groups is 2. The quantitative estimate of drug-likeness (QED) is 0.749. The summed E-state index contributed by atoms with van der Waals surface area (Å²) < 4.78 is 0. The summed E-state index contributed by atoms with van der Waals surface area (Å²) in [6.45, 7) is 8.34. The van der Waals surface area contributed by atoms with Crippen LogP contribution in [0.2, 0.25) is 0 Å². The lowest BCUT2D eigenvalue weighted by Crippen LogP contribution is -2.50. The van der Waals surface area contributed by atoms with Gasteiger partial charge in [-0.2, -0.15) is 0 Å². The summed E-state index contributed by atoms with van der Waals surface area (Å²) in [5, 5.41) is 5.44. The molecule has 1 unspecified atom stereocenters. The normalized spacial score (nSPS) is 11.2. The number of hydrogen-bond donors (Lipinski definition) is 3. The SMILES string of the molecule is CC(C)C(NC(=O)CN)C(=O)NCc1ccccc1.CCC. The molecule has 1 aromatic carbocycles. The molecule has 0 aromatic heterocycles. The van der Waals surface area contributed by atoms with Crippen LogP contribution >= 0.6 is 0 Å². The summed E-state index contributed by atoms with van der Waals surface area (Å²) in [5.74, 6) is -0.513. The lowest BCUT2D eigenvalue weighted by atomic mass is 10.0. The van der Waals surface area contributed by atoms with Gasteiger partial charge in [-0.05, 0) is 11.5 Å². The Morgan fingerprint density at radius 3 is 2.14 bits per heavy atom. The van der Waals surface area contributed by atoms with Gasteiger partial charge in [0, 0.05) is 6.54 Å². The van der Waals surface area contributed by atoms with Crippen LogP contribution in [-0.2, 0) is 16.1 Å². The van der Waals surface area contributed by atoms with E-state index < -0.39 is 6.04 Å². The minimum Gasteiger partial charge on any atom is -0.350 e. The van der Waals surface area contributed by atoms with E-state index in [4.69, 9.17) is 5.73 Å². The first-order valence-corrected chi connectivity index (χ1v) is 7.77. The van der Waals surface area contributed by atoms with Gasteiger partial charge in [0.15, 0.2) is 0 Å². The van der Waals surface area contributed by atoms with Crippen LogP contribution in [0, 0.1) is 5.92 Å². The molecule has 0 saturated carbocycles. The van der Waals surface area contributed by atoms with Crippen molar-refractivity contribution >= 4 is 11.8 Å². The van der Waals surface area contributed by atoms with E-state index in [2.05, 4.69) is 24.5 Å². The van der Waals surface area contributed by atoms with Gasteiger partial charge in [-0.1, -0.05) is 64.4 Å². The van der Waals surface area contributed by atoms with E-state index in [1.165, 1.54) is 6.42 Å². The molecule has 5 nitrogen and oxygen atoms in total. The lowest BCUT2D eigenvalue weighted by Gasteiger charge is -2.21. The minimum absolute atomic E-state index is 0.00581. The van der Waals surface area contributed by atoms with Crippen molar-refractivity contribution < 1.29 is 9.59 Å². The van der Waals surface area contributed by atoms with E-state index >= 15 is 0 Å². The van der Waals surface area contributed by atoms with Gasteiger partial charge in [-0.3, -0.25) is 9.59 Å². The molecule has 0 aliphatic rings. The molecule has 22 heavy (non-hydrogen) atoms. The van der Waals surface area contributed by atoms with E-state index in [1.807, 2.05) is 44.2 Å². The van der Waals surface area contributed by atoms with Crippen LogP contribution in [0.3, 0.4) is 0 Å². The standard InChI is InChI=1S/C14H21N3O2.C3H8/c1-10(2)13(17-12(18)8-15)14(19)16-9-11-6-4-3-5-7-11;1-3-2/h3-7,10,13H,8-9,15H2,1-2H3,(H,16,19)(H,17,18);3H2,1-2H3. The molecule has 0 radical (unpaired) electrons. The summed E-state index contributed by atoms with van der Waals surface area (Å²) in [5.41, 5.74) is 6.26. The second kappa shape index (κ2) is 11.7. The lowest BCUT2D eigenvalue weighted by molar-refractivity contribution is -0.129. The molecule has 0 bridgehead atoms. The predicted molar refractivity (Wildman–Crippen MR) is 90.1 cm³/mol. The van der Waals surface area contributed by atoms with Gasteiger partial charge in [-0.25, -0.2) is 0 Å². The van der Waals surface area contributed by atoms with Crippen LogP contribution in [-0.4, -0.2) is 24.4 Å². The second-order valence-electron chi connectivity index (χ2n) is 5.40. The Hall–Kier alpha value is -1.88.